The summed E-state index contributed by atoms with van der Waals surface area (Å²) in [5.41, 5.74) is -1.46. The Morgan fingerprint density at radius 2 is 1.92 bits per heavy atom. The Hall–Kier alpha value is -2.84. The number of ether oxygens (including phenoxy) is 1. The lowest BCUT2D eigenvalue weighted by Crippen LogP contribution is -2.44. The monoisotopic (exact) mass is 336 g/mol. The predicted molar refractivity (Wildman–Crippen MR) is 81.0 cm³/mol. The minimum atomic E-state index is -1.61. The van der Waals surface area contributed by atoms with E-state index in [1.165, 1.54) is 24.3 Å². The molecule has 0 saturated heterocycles. The van der Waals surface area contributed by atoms with Gasteiger partial charge < -0.3 is 4.74 Å². The zero-order valence-corrected chi connectivity index (χ0v) is 13.0. The van der Waals surface area contributed by atoms with Gasteiger partial charge in [0.1, 0.15) is 5.41 Å². The van der Waals surface area contributed by atoms with Gasteiger partial charge in [0.05, 0.1) is 18.0 Å². The SMILES string of the molecule is COC(=O)[C@@]1([C@@H](C[N+](=O)[O-])c2ccc([N+](=O)[O-])cc2)CCCC1=O. The highest BCUT2D eigenvalue weighted by Gasteiger charge is 2.57. The Labute approximate surface area is 136 Å². The van der Waals surface area contributed by atoms with Gasteiger partial charge in [-0.1, -0.05) is 12.1 Å². The van der Waals surface area contributed by atoms with Crippen molar-refractivity contribution < 1.29 is 24.2 Å². The Kier molecular flexibility index (Phi) is 4.91. The van der Waals surface area contributed by atoms with Crippen LogP contribution in [0, 0.1) is 25.6 Å². The minimum absolute atomic E-state index is 0.149. The minimum Gasteiger partial charge on any atom is -0.468 e. The summed E-state index contributed by atoms with van der Waals surface area (Å²) in [4.78, 5) is 45.5. The maximum atomic E-state index is 12.4. The zero-order valence-electron chi connectivity index (χ0n) is 13.0. The van der Waals surface area contributed by atoms with Crippen LogP contribution in [0.5, 0.6) is 0 Å². The van der Waals surface area contributed by atoms with Crippen LogP contribution < -0.4 is 0 Å². The molecule has 0 amide bonds. The van der Waals surface area contributed by atoms with Crippen LogP contribution in [0.25, 0.3) is 0 Å². The van der Waals surface area contributed by atoms with Crippen LogP contribution in [0.4, 0.5) is 5.69 Å². The molecule has 0 bridgehead atoms. The lowest BCUT2D eigenvalue weighted by atomic mass is 9.70. The fourth-order valence-corrected chi connectivity index (χ4v) is 3.32. The number of nitrogens with zero attached hydrogens (tertiary/aromatic N) is 2. The van der Waals surface area contributed by atoms with Gasteiger partial charge in [-0.3, -0.25) is 29.8 Å². The largest absolute Gasteiger partial charge is 0.468 e. The average molecular weight is 336 g/mol. The van der Waals surface area contributed by atoms with Crippen molar-refractivity contribution in [3.05, 3.63) is 50.1 Å². The molecule has 0 unspecified atom stereocenters. The molecule has 0 aromatic heterocycles. The van der Waals surface area contributed by atoms with Gasteiger partial charge >= 0.3 is 5.97 Å². The van der Waals surface area contributed by atoms with Crippen molar-refractivity contribution in [1.82, 2.24) is 0 Å². The smallest absolute Gasteiger partial charge is 0.320 e. The molecule has 0 N–H and O–H groups in total. The number of rotatable bonds is 6. The second kappa shape index (κ2) is 6.73. The van der Waals surface area contributed by atoms with Crippen LogP contribution in [0.1, 0.15) is 30.7 Å². The summed E-state index contributed by atoms with van der Waals surface area (Å²) in [5.74, 6) is -2.22. The average Bonchev–Trinajstić information content (AvgIpc) is 2.94. The number of methoxy groups -OCH3 is 1. The first-order valence-electron chi connectivity index (χ1n) is 7.30. The van der Waals surface area contributed by atoms with Crippen LogP contribution in [-0.2, 0) is 14.3 Å². The van der Waals surface area contributed by atoms with E-state index in [0.717, 1.165) is 7.11 Å². The molecule has 1 fully saturated rings. The summed E-state index contributed by atoms with van der Waals surface area (Å²) < 4.78 is 4.76. The molecule has 9 heteroatoms. The summed E-state index contributed by atoms with van der Waals surface area (Å²) in [6.45, 7) is -0.640. The van der Waals surface area contributed by atoms with E-state index < -0.39 is 33.7 Å². The molecule has 1 aliphatic carbocycles. The number of Topliss-reactive ketones (excluding diaryl/α,β-unsaturated/α-hetero) is 1. The van der Waals surface area contributed by atoms with E-state index in [9.17, 15) is 29.8 Å². The molecule has 1 aromatic carbocycles. The van der Waals surface area contributed by atoms with Crippen molar-refractivity contribution in [2.24, 2.45) is 5.41 Å². The molecule has 0 heterocycles. The summed E-state index contributed by atoms with van der Waals surface area (Å²) in [7, 11) is 1.13. The molecule has 1 aromatic rings. The number of esters is 1. The van der Waals surface area contributed by atoms with Gasteiger partial charge in [0.15, 0.2) is 5.78 Å². The highest BCUT2D eigenvalue weighted by Crippen LogP contribution is 2.47. The molecule has 1 aliphatic rings. The fourth-order valence-electron chi connectivity index (χ4n) is 3.32. The molecular weight excluding hydrogens is 320 g/mol. The van der Waals surface area contributed by atoms with E-state index >= 15 is 0 Å². The molecule has 0 radical (unpaired) electrons. The standard InChI is InChI=1S/C15H16N2O7/c1-24-14(19)15(8-2-3-13(15)18)12(9-16(20)21)10-4-6-11(7-5-10)17(22)23/h4-7,12H,2-3,8-9H2,1H3/t12-,15+/m0/s1. The van der Waals surface area contributed by atoms with Crippen LogP contribution in [0.3, 0.4) is 0 Å². The van der Waals surface area contributed by atoms with E-state index in [0.29, 0.717) is 12.0 Å². The molecule has 128 valence electrons. The number of carbonyl (C=O) groups is 2. The molecule has 2 atom stereocenters. The Morgan fingerprint density at radius 3 is 2.33 bits per heavy atom. The molecule has 9 nitrogen and oxygen atoms in total. The third kappa shape index (κ3) is 2.97. The summed E-state index contributed by atoms with van der Waals surface area (Å²) in [6, 6.07) is 5.10. The number of non-ortho nitro benzene ring substituents is 1. The maximum Gasteiger partial charge on any atom is 0.320 e. The van der Waals surface area contributed by atoms with Crippen LogP contribution in [-0.4, -0.2) is 35.3 Å². The summed E-state index contributed by atoms with van der Waals surface area (Å²) in [6.07, 6.45) is 0.749. The van der Waals surface area contributed by atoms with Gasteiger partial charge in [-0.05, 0) is 18.4 Å². The molecular formula is C15H16N2O7. The molecule has 0 aliphatic heterocycles. The lowest BCUT2D eigenvalue weighted by molar-refractivity contribution is -0.485. The van der Waals surface area contributed by atoms with Crippen molar-refractivity contribution in [1.29, 1.82) is 0 Å². The van der Waals surface area contributed by atoms with Crippen molar-refractivity contribution in [2.75, 3.05) is 13.7 Å². The summed E-state index contributed by atoms with van der Waals surface area (Å²) in [5, 5.41) is 21.9. The van der Waals surface area contributed by atoms with E-state index in [4.69, 9.17) is 4.74 Å². The molecule has 0 spiro atoms. The van der Waals surface area contributed by atoms with Gasteiger partial charge in [0.2, 0.25) is 6.54 Å². The number of ketones is 1. The Balaban J connectivity index is 2.53. The first-order chi connectivity index (χ1) is 11.3. The third-order valence-electron chi connectivity index (χ3n) is 4.45. The number of nitro benzene ring substituents is 1. The van der Waals surface area contributed by atoms with Gasteiger partial charge in [0.25, 0.3) is 5.69 Å². The van der Waals surface area contributed by atoms with Crippen LogP contribution in [0.2, 0.25) is 0 Å². The zero-order chi connectivity index (χ0) is 17.9. The topological polar surface area (TPSA) is 130 Å². The lowest BCUT2D eigenvalue weighted by Gasteiger charge is -2.31. The van der Waals surface area contributed by atoms with E-state index in [1.54, 1.807) is 0 Å². The highest BCUT2D eigenvalue weighted by molar-refractivity contribution is 6.06. The quantitative estimate of drug-likeness (QED) is 0.335. The van der Waals surface area contributed by atoms with Crippen LogP contribution >= 0.6 is 0 Å². The highest BCUT2D eigenvalue weighted by atomic mass is 16.6. The van der Waals surface area contributed by atoms with Gasteiger partial charge in [-0.15, -0.1) is 0 Å². The summed E-state index contributed by atoms with van der Waals surface area (Å²) >= 11 is 0. The number of hydrogen-bond acceptors (Lipinski definition) is 7. The normalized spacial score (nSPS) is 21.3. The number of carbonyl (C=O) groups excluding carboxylic acids is 2. The Bertz CT molecular complexity index is 686. The fraction of sp³-hybridized carbons (Fsp3) is 0.467. The van der Waals surface area contributed by atoms with Crippen molar-refractivity contribution in [3.8, 4) is 0 Å². The van der Waals surface area contributed by atoms with Gasteiger partial charge in [0, 0.05) is 23.5 Å². The van der Waals surface area contributed by atoms with Gasteiger partial charge in [-0.2, -0.15) is 0 Å². The van der Waals surface area contributed by atoms with Crippen molar-refractivity contribution >= 4 is 17.4 Å². The predicted octanol–water partition coefficient (Wildman–Crippen LogP) is 1.87. The van der Waals surface area contributed by atoms with Crippen molar-refractivity contribution in [2.45, 2.75) is 25.2 Å². The first kappa shape index (κ1) is 17.5. The van der Waals surface area contributed by atoms with Crippen LogP contribution in [0.15, 0.2) is 24.3 Å². The van der Waals surface area contributed by atoms with Crippen molar-refractivity contribution in [3.63, 3.8) is 0 Å². The van der Waals surface area contributed by atoms with E-state index in [2.05, 4.69) is 0 Å². The second-order valence-electron chi connectivity index (χ2n) is 5.66. The van der Waals surface area contributed by atoms with Gasteiger partial charge in [-0.25, -0.2) is 0 Å². The van der Waals surface area contributed by atoms with E-state index in [1.807, 2.05) is 0 Å². The van der Waals surface area contributed by atoms with E-state index in [-0.39, 0.29) is 24.3 Å². The molecule has 1 saturated carbocycles. The number of hydrogen-bond donors (Lipinski definition) is 0. The molecule has 2 rings (SSSR count). The first-order valence-corrected chi connectivity index (χ1v) is 7.30. The number of benzene rings is 1. The maximum absolute atomic E-state index is 12.4. The number of nitro groups is 2. The third-order valence-corrected chi connectivity index (χ3v) is 4.45. The Morgan fingerprint density at radius 1 is 1.29 bits per heavy atom. The second-order valence-corrected chi connectivity index (χ2v) is 5.66. The molecule has 24 heavy (non-hydrogen) atoms.